The van der Waals surface area contributed by atoms with Crippen LogP contribution in [0.15, 0.2) is 30.3 Å². The summed E-state index contributed by atoms with van der Waals surface area (Å²) in [6.45, 7) is 1.31. The number of carbonyl (C=O) groups is 2. The van der Waals surface area contributed by atoms with Crippen molar-refractivity contribution in [3.8, 4) is 0 Å². The van der Waals surface area contributed by atoms with Crippen molar-refractivity contribution in [3.05, 3.63) is 35.9 Å². The van der Waals surface area contributed by atoms with E-state index in [1.807, 2.05) is 6.07 Å². The summed E-state index contributed by atoms with van der Waals surface area (Å²) in [4.78, 5) is 22.0. The van der Waals surface area contributed by atoms with Crippen LogP contribution in [0.1, 0.15) is 12.5 Å². The first-order valence-electron chi connectivity index (χ1n) is 5.39. The van der Waals surface area contributed by atoms with E-state index in [9.17, 15) is 9.59 Å². The Morgan fingerprint density at radius 2 is 1.94 bits per heavy atom. The van der Waals surface area contributed by atoms with Gasteiger partial charge in [0.05, 0.1) is 6.10 Å². The topological polar surface area (TPSA) is 95.9 Å². The number of carboxylic acid groups (broad SMARTS) is 1. The first-order valence-corrected chi connectivity index (χ1v) is 5.39. The zero-order chi connectivity index (χ0) is 13.5. The summed E-state index contributed by atoms with van der Waals surface area (Å²) in [6, 6.07) is 7.59. The molecular formula is C12H15NO5. The van der Waals surface area contributed by atoms with Gasteiger partial charge in [-0.05, 0) is 12.5 Å². The van der Waals surface area contributed by atoms with Gasteiger partial charge in [-0.25, -0.2) is 9.59 Å². The van der Waals surface area contributed by atoms with E-state index in [1.54, 1.807) is 24.3 Å². The second kappa shape index (κ2) is 6.61. The van der Waals surface area contributed by atoms with Crippen molar-refractivity contribution in [1.29, 1.82) is 0 Å². The van der Waals surface area contributed by atoms with Crippen LogP contribution in [0, 0.1) is 0 Å². The minimum absolute atomic E-state index is 0.0405. The number of hydrogen-bond acceptors (Lipinski definition) is 4. The second-order valence-corrected chi connectivity index (χ2v) is 3.76. The molecule has 0 saturated carbocycles. The maximum absolute atomic E-state index is 11.3. The zero-order valence-corrected chi connectivity index (χ0v) is 9.87. The van der Waals surface area contributed by atoms with E-state index in [4.69, 9.17) is 14.9 Å². The summed E-state index contributed by atoms with van der Waals surface area (Å²) >= 11 is 0. The largest absolute Gasteiger partial charge is 0.480 e. The van der Waals surface area contributed by atoms with E-state index in [-0.39, 0.29) is 6.61 Å². The molecule has 0 aliphatic heterocycles. The quantitative estimate of drug-likeness (QED) is 0.719. The van der Waals surface area contributed by atoms with Crippen molar-refractivity contribution in [2.24, 2.45) is 0 Å². The average Bonchev–Trinajstić information content (AvgIpc) is 2.34. The predicted molar refractivity (Wildman–Crippen MR) is 62.9 cm³/mol. The van der Waals surface area contributed by atoms with Crippen LogP contribution in [0.2, 0.25) is 0 Å². The molecule has 1 rings (SSSR count). The molecule has 3 N–H and O–H groups in total. The Bertz CT molecular complexity index is 404. The van der Waals surface area contributed by atoms with Crippen molar-refractivity contribution in [2.75, 3.05) is 0 Å². The van der Waals surface area contributed by atoms with Crippen molar-refractivity contribution in [3.63, 3.8) is 0 Å². The number of amides is 1. The van der Waals surface area contributed by atoms with E-state index >= 15 is 0 Å². The van der Waals surface area contributed by atoms with E-state index < -0.39 is 24.2 Å². The van der Waals surface area contributed by atoms with Crippen LogP contribution in [-0.4, -0.2) is 34.4 Å². The van der Waals surface area contributed by atoms with Crippen LogP contribution in [0.5, 0.6) is 0 Å². The molecule has 0 saturated heterocycles. The zero-order valence-electron chi connectivity index (χ0n) is 9.87. The Kier molecular flexibility index (Phi) is 5.13. The summed E-state index contributed by atoms with van der Waals surface area (Å²) in [7, 11) is 0. The lowest BCUT2D eigenvalue weighted by atomic mass is 10.2. The van der Waals surface area contributed by atoms with Gasteiger partial charge in [-0.3, -0.25) is 0 Å². The van der Waals surface area contributed by atoms with Crippen LogP contribution in [0.3, 0.4) is 0 Å². The van der Waals surface area contributed by atoms with Crippen molar-refractivity contribution < 1.29 is 24.5 Å². The molecule has 1 amide bonds. The van der Waals surface area contributed by atoms with Gasteiger partial charge in [-0.2, -0.15) is 0 Å². The number of carboxylic acids is 1. The van der Waals surface area contributed by atoms with Gasteiger partial charge in [0.1, 0.15) is 6.61 Å². The molecule has 2 atom stereocenters. The van der Waals surface area contributed by atoms with Gasteiger partial charge in [-0.1, -0.05) is 30.3 Å². The van der Waals surface area contributed by atoms with E-state index in [2.05, 4.69) is 5.32 Å². The lowest BCUT2D eigenvalue weighted by Gasteiger charge is -2.16. The lowest BCUT2D eigenvalue weighted by molar-refractivity contribution is -0.142. The van der Waals surface area contributed by atoms with Crippen LogP contribution in [-0.2, 0) is 16.1 Å². The van der Waals surface area contributed by atoms with Crippen LogP contribution in [0.4, 0.5) is 4.79 Å². The van der Waals surface area contributed by atoms with Crippen LogP contribution >= 0.6 is 0 Å². The summed E-state index contributed by atoms with van der Waals surface area (Å²) in [5.74, 6) is -1.32. The first-order chi connectivity index (χ1) is 8.50. The standard InChI is InChI=1S/C12H15NO5/c1-8(14)10(11(15)16)13-12(17)18-7-9-5-3-2-4-6-9/h2-6,8,10,14H,7H2,1H3,(H,13,17)(H,15,16)/t8-,10-/m0/s1. The van der Waals surface area contributed by atoms with E-state index in [0.29, 0.717) is 0 Å². The number of carbonyl (C=O) groups excluding carboxylic acids is 1. The van der Waals surface area contributed by atoms with Gasteiger partial charge in [-0.15, -0.1) is 0 Å². The SMILES string of the molecule is C[C@H](O)[C@H](NC(=O)OCc1ccccc1)C(=O)O. The smallest absolute Gasteiger partial charge is 0.408 e. The number of aliphatic hydroxyl groups is 1. The maximum Gasteiger partial charge on any atom is 0.408 e. The molecule has 1 aromatic carbocycles. The third-order valence-electron chi connectivity index (χ3n) is 2.23. The molecule has 0 aliphatic carbocycles. The second-order valence-electron chi connectivity index (χ2n) is 3.76. The van der Waals surface area contributed by atoms with Crippen molar-refractivity contribution in [1.82, 2.24) is 5.32 Å². The molecule has 0 bridgehead atoms. The lowest BCUT2D eigenvalue weighted by Crippen LogP contribution is -2.47. The van der Waals surface area contributed by atoms with Crippen molar-refractivity contribution in [2.45, 2.75) is 25.7 Å². The summed E-state index contributed by atoms with van der Waals surface area (Å²) in [5, 5.41) is 20.0. The molecule has 0 unspecified atom stereocenters. The molecule has 0 aliphatic rings. The third-order valence-corrected chi connectivity index (χ3v) is 2.23. The molecule has 0 heterocycles. The minimum atomic E-state index is -1.38. The fraction of sp³-hybridized carbons (Fsp3) is 0.333. The fourth-order valence-electron chi connectivity index (χ4n) is 1.28. The molecule has 6 heteroatoms. The molecular weight excluding hydrogens is 238 g/mol. The molecule has 0 aromatic heterocycles. The molecule has 18 heavy (non-hydrogen) atoms. The van der Waals surface area contributed by atoms with Gasteiger partial charge in [0.15, 0.2) is 6.04 Å². The Morgan fingerprint density at radius 1 is 1.33 bits per heavy atom. The summed E-state index contributed by atoms with van der Waals surface area (Å²) in [5.41, 5.74) is 0.788. The van der Waals surface area contributed by atoms with Gasteiger partial charge in [0.25, 0.3) is 0 Å². The monoisotopic (exact) mass is 253 g/mol. The first kappa shape index (κ1) is 14.0. The van der Waals surface area contributed by atoms with E-state index in [0.717, 1.165) is 5.56 Å². The Labute approximate surface area is 104 Å². The fourth-order valence-corrected chi connectivity index (χ4v) is 1.28. The molecule has 1 aromatic rings. The van der Waals surface area contributed by atoms with Crippen LogP contribution < -0.4 is 5.32 Å². The number of aliphatic carboxylic acids is 1. The average molecular weight is 253 g/mol. The number of aliphatic hydroxyl groups excluding tert-OH is 1. The Hall–Kier alpha value is -2.08. The number of benzene rings is 1. The highest BCUT2D eigenvalue weighted by Crippen LogP contribution is 2.01. The molecule has 0 radical (unpaired) electrons. The number of alkyl carbamates (subject to hydrolysis) is 1. The van der Waals surface area contributed by atoms with Crippen molar-refractivity contribution >= 4 is 12.1 Å². The van der Waals surface area contributed by atoms with E-state index in [1.165, 1.54) is 6.92 Å². The summed E-state index contributed by atoms with van der Waals surface area (Å²) in [6.07, 6.45) is -2.08. The summed E-state index contributed by atoms with van der Waals surface area (Å²) < 4.78 is 4.83. The highest BCUT2D eigenvalue weighted by Gasteiger charge is 2.25. The van der Waals surface area contributed by atoms with Gasteiger partial charge < -0.3 is 20.3 Å². The Balaban J connectivity index is 2.44. The number of hydrogen-bond donors (Lipinski definition) is 3. The highest BCUT2D eigenvalue weighted by atomic mass is 16.5. The maximum atomic E-state index is 11.3. The number of nitrogens with one attached hydrogen (secondary N) is 1. The minimum Gasteiger partial charge on any atom is -0.480 e. The van der Waals surface area contributed by atoms with Gasteiger partial charge in [0.2, 0.25) is 0 Å². The predicted octanol–water partition coefficient (Wildman–Crippen LogP) is 0.747. The number of ether oxygens (including phenoxy) is 1. The molecule has 0 fully saturated rings. The molecule has 0 spiro atoms. The third kappa shape index (κ3) is 4.42. The van der Waals surface area contributed by atoms with Gasteiger partial charge >= 0.3 is 12.1 Å². The molecule has 6 nitrogen and oxygen atoms in total. The number of rotatable bonds is 5. The normalized spacial score (nSPS) is 13.4. The van der Waals surface area contributed by atoms with Gasteiger partial charge in [0, 0.05) is 0 Å². The molecule has 98 valence electrons. The van der Waals surface area contributed by atoms with Crippen LogP contribution in [0.25, 0.3) is 0 Å². The Morgan fingerprint density at radius 3 is 2.44 bits per heavy atom. The highest BCUT2D eigenvalue weighted by molar-refractivity contribution is 5.80.